The lowest BCUT2D eigenvalue weighted by atomic mass is 9.75. The lowest BCUT2D eigenvalue weighted by Crippen LogP contribution is -2.51. The summed E-state index contributed by atoms with van der Waals surface area (Å²) in [6.07, 6.45) is 5.31. The van der Waals surface area contributed by atoms with Crippen molar-refractivity contribution in [1.82, 2.24) is 10.6 Å². The first kappa shape index (κ1) is 13.2. The Labute approximate surface area is 107 Å². The molecule has 2 amide bonds. The summed E-state index contributed by atoms with van der Waals surface area (Å²) in [5.41, 5.74) is -0.728. The number of carbonyl (C=O) groups is 2. The van der Waals surface area contributed by atoms with E-state index in [9.17, 15) is 9.59 Å². The molecule has 1 unspecified atom stereocenters. The van der Waals surface area contributed by atoms with E-state index in [1.807, 2.05) is 0 Å². The number of aliphatic carboxylic acids is 1. The summed E-state index contributed by atoms with van der Waals surface area (Å²) in [7, 11) is 0. The molecule has 2 saturated carbocycles. The number of rotatable bonds is 3. The van der Waals surface area contributed by atoms with Gasteiger partial charge in [0.1, 0.15) is 5.54 Å². The highest BCUT2D eigenvalue weighted by molar-refractivity contribution is 5.89. The van der Waals surface area contributed by atoms with Crippen LogP contribution in [0.1, 0.15) is 52.4 Å². The number of carboxylic acid groups (broad SMARTS) is 1. The van der Waals surface area contributed by atoms with Gasteiger partial charge in [-0.15, -0.1) is 0 Å². The Bertz CT molecular complexity index is 361. The van der Waals surface area contributed by atoms with E-state index in [4.69, 9.17) is 5.11 Å². The van der Waals surface area contributed by atoms with E-state index in [0.29, 0.717) is 12.8 Å². The molecule has 0 aromatic rings. The number of nitrogens with one attached hydrogen (secondary N) is 2. The zero-order valence-electron chi connectivity index (χ0n) is 11.1. The van der Waals surface area contributed by atoms with Gasteiger partial charge >= 0.3 is 12.0 Å². The molecule has 0 aromatic carbocycles. The van der Waals surface area contributed by atoms with Crippen molar-refractivity contribution in [2.45, 2.75) is 64.0 Å². The van der Waals surface area contributed by atoms with E-state index in [2.05, 4.69) is 24.5 Å². The lowest BCUT2D eigenvalue weighted by molar-refractivity contribution is -0.140. The van der Waals surface area contributed by atoms with Gasteiger partial charge in [0, 0.05) is 6.04 Å². The molecule has 102 valence electrons. The van der Waals surface area contributed by atoms with E-state index < -0.39 is 11.5 Å². The second kappa shape index (κ2) is 4.44. The van der Waals surface area contributed by atoms with Crippen LogP contribution < -0.4 is 10.6 Å². The summed E-state index contributed by atoms with van der Waals surface area (Å²) < 4.78 is 0. The number of carboxylic acids is 1. The number of hydrogen-bond acceptors (Lipinski definition) is 2. The standard InChI is InChI=1S/C13H22N2O3/c1-12(2)5-3-4-9(8-12)14-11(18)15-13(6-7-13)10(16)17/h9H,3-8H2,1-2H3,(H,16,17)(H2,14,15,18). The van der Waals surface area contributed by atoms with E-state index in [1.165, 1.54) is 6.42 Å². The van der Waals surface area contributed by atoms with Gasteiger partial charge in [-0.2, -0.15) is 0 Å². The zero-order valence-corrected chi connectivity index (χ0v) is 11.1. The third kappa shape index (κ3) is 2.94. The maximum absolute atomic E-state index is 11.8. The van der Waals surface area contributed by atoms with Gasteiger partial charge in [-0.3, -0.25) is 0 Å². The number of carbonyl (C=O) groups excluding carboxylic acids is 1. The normalized spacial score (nSPS) is 28.2. The molecule has 2 aliphatic carbocycles. The molecule has 5 heteroatoms. The predicted molar refractivity (Wildman–Crippen MR) is 67.3 cm³/mol. The summed E-state index contributed by atoms with van der Waals surface area (Å²) in [5, 5.41) is 14.5. The molecule has 0 spiro atoms. The average Bonchev–Trinajstić information content (AvgIpc) is 2.96. The Balaban J connectivity index is 1.83. The summed E-state index contributed by atoms with van der Waals surface area (Å²) in [4.78, 5) is 22.8. The molecule has 0 saturated heterocycles. The van der Waals surface area contributed by atoms with Gasteiger partial charge in [0.15, 0.2) is 0 Å². The van der Waals surface area contributed by atoms with Crippen LogP contribution in [0.2, 0.25) is 0 Å². The third-order valence-electron chi connectivity index (χ3n) is 4.05. The molecule has 2 aliphatic rings. The Morgan fingerprint density at radius 2 is 1.89 bits per heavy atom. The first-order valence-corrected chi connectivity index (χ1v) is 6.65. The monoisotopic (exact) mass is 254 g/mol. The molecule has 0 bridgehead atoms. The van der Waals surface area contributed by atoms with Gasteiger partial charge in [0.05, 0.1) is 0 Å². The number of urea groups is 1. The van der Waals surface area contributed by atoms with Crippen LogP contribution in [0, 0.1) is 5.41 Å². The Morgan fingerprint density at radius 3 is 2.39 bits per heavy atom. The van der Waals surface area contributed by atoms with E-state index in [1.54, 1.807) is 0 Å². The zero-order chi connectivity index (χ0) is 13.4. The first-order valence-electron chi connectivity index (χ1n) is 6.65. The lowest BCUT2D eigenvalue weighted by Gasteiger charge is -2.35. The predicted octanol–water partition coefficient (Wildman–Crippen LogP) is 1.87. The van der Waals surface area contributed by atoms with E-state index in [-0.39, 0.29) is 17.5 Å². The minimum atomic E-state index is -0.992. The second-order valence-corrected chi connectivity index (χ2v) is 6.44. The molecule has 0 radical (unpaired) electrons. The maximum Gasteiger partial charge on any atom is 0.329 e. The number of amides is 2. The second-order valence-electron chi connectivity index (χ2n) is 6.44. The van der Waals surface area contributed by atoms with Crippen molar-refractivity contribution in [3.8, 4) is 0 Å². The fraction of sp³-hybridized carbons (Fsp3) is 0.846. The van der Waals surface area contributed by atoms with Crippen molar-refractivity contribution < 1.29 is 14.7 Å². The topological polar surface area (TPSA) is 78.4 Å². The van der Waals surface area contributed by atoms with Crippen molar-refractivity contribution in [3.05, 3.63) is 0 Å². The molecule has 0 heterocycles. The van der Waals surface area contributed by atoms with Crippen LogP contribution in [0.25, 0.3) is 0 Å². The van der Waals surface area contributed by atoms with Crippen molar-refractivity contribution in [2.24, 2.45) is 5.41 Å². The smallest absolute Gasteiger partial charge is 0.329 e. The summed E-state index contributed by atoms with van der Waals surface area (Å²) in [6.45, 7) is 4.41. The average molecular weight is 254 g/mol. The molecule has 3 N–H and O–H groups in total. The van der Waals surface area contributed by atoms with Gasteiger partial charge in [-0.1, -0.05) is 20.3 Å². The first-order chi connectivity index (χ1) is 8.33. The summed E-state index contributed by atoms with van der Waals surface area (Å²) in [6, 6.07) is -0.170. The van der Waals surface area contributed by atoms with Crippen molar-refractivity contribution >= 4 is 12.0 Å². The Kier molecular flexibility index (Phi) is 3.25. The van der Waals surface area contributed by atoms with Crippen LogP contribution in [0.5, 0.6) is 0 Å². The highest BCUT2D eigenvalue weighted by Gasteiger charge is 2.51. The molecular weight excluding hydrogens is 232 g/mol. The fourth-order valence-electron chi connectivity index (χ4n) is 2.78. The Hall–Kier alpha value is -1.26. The highest BCUT2D eigenvalue weighted by atomic mass is 16.4. The van der Waals surface area contributed by atoms with Crippen LogP contribution in [-0.4, -0.2) is 28.7 Å². The fourth-order valence-corrected chi connectivity index (χ4v) is 2.78. The molecule has 2 fully saturated rings. The van der Waals surface area contributed by atoms with Crippen LogP contribution in [-0.2, 0) is 4.79 Å². The van der Waals surface area contributed by atoms with Crippen LogP contribution in [0.4, 0.5) is 4.79 Å². The van der Waals surface area contributed by atoms with Gasteiger partial charge in [0.25, 0.3) is 0 Å². The SMILES string of the molecule is CC1(C)CCCC(NC(=O)NC2(C(=O)O)CC2)C1. The van der Waals surface area contributed by atoms with Crippen molar-refractivity contribution in [2.75, 3.05) is 0 Å². The molecule has 18 heavy (non-hydrogen) atoms. The largest absolute Gasteiger partial charge is 0.480 e. The maximum atomic E-state index is 11.8. The van der Waals surface area contributed by atoms with Crippen LogP contribution in [0.15, 0.2) is 0 Å². The molecule has 2 rings (SSSR count). The molecule has 5 nitrogen and oxygen atoms in total. The van der Waals surface area contributed by atoms with Crippen LogP contribution >= 0.6 is 0 Å². The third-order valence-corrected chi connectivity index (χ3v) is 4.05. The van der Waals surface area contributed by atoms with Crippen molar-refractivity contribution in [3.63, 3.8) is 0 Å². The molecule has 0 aromatic heterocycles. The van der Waals surface area contributed by atoms with Gasteiger partial charge in [0.2, 0.25) is 0 Å². The number of hydrogen-bond donors (Lipinski definition) is 3. The van der Waals surface area contributed by atoms with Gasteiger partial charge < -0.3 is 15.7 Å². The minimum Gasteiger partial charge on any atom is -0.480 e. The van der Waals surface area contributed by atoms with Crippen molar-refractivity contribution in [1.29, 1.82) is 0 Å². The Morgan fingerprint density at radius 1 is 1.22 bits per heavy atom. The minimum absolute atomic E-state index is 0.165. The quantitative estimate of drug-likeness (QED) is 0.719. The molecular formula is C13H22N2O3. The van der Waals surface area contributed by atoms with Gasteiger partial charge in [-0.25, -0.2) is 9.59 Å². The highest BCUT2D eigenvalue weighted by Crippen LogP contribution is 2.36. The van der Waals surface area contributed by atoms with Crippen LogP contribution in [0.3, 0.4) is 0 Å². The summed E-state index contributed by atoms with van der Waals surface area (Å²) in [5.74, 6) is -0.929. The summed E-state index contributed by atoms with van der Waals surface area (Å²) >= 11 is 0. The van der Waals surface area contributed by atoms with Gasteiger partial charge in [-0.05, 0) is 37.5 Å². The molecule has 1 atom stereocenters. The van der Waals surface area contributed by atoms with E-state index in [0.717, 1.165) is 19.3 Å². The van der Waals surface area contributed by atoms with E-state index >= 15 is 0 Å². The molecule has 0 aliphatic heterocycles.